The molecule has 1 amide bonds. The molecule has 5 rings (SSSR count). The van der Waals surface area contributed by atoms with Gasteiger partial charge >= 0.3 is 0 Å². The number of halogens is 1. The van der Waals surface area contributed by atoms with Gasteiger partial charge in [0.1, 0.15) is 0 Å². The van der Waals surface area contributed by atoms with E-state index >= 15 is 0 Å². The summed E-state index contributed by atoms with van der Waals surface area (Å²) < 4.78 is 7.86. The molecule has 3 aromatic heterocycles. The number of carbonyl (C=O) groups excluding carboxylic acids is 1. The van der Waals surface area contributed by atoms with E-state index in [4.69, 9.17) is 21.4 Å². The molecule has 1 fully saturated rings. The van der Waals surface area contributed by atoms with Crippen molar-refractivity contribution in [1.29, 1.82) is 0 Å². The number of amides is 1. The molecule has 4 heterocycles. The number of nitrogens with zero attached hydrogens (tertiary/aromatic N) is 4. The Hall–Kier alpha value is -3.29. The fourth-order valence-corrected chi connectivity index (χ4v) is 4.33. The minimum absolute atomic E-state index is 0.0970. The zero-order valence-electron chi connectivity index (χ0n) is 18.1. The van der Waals surface area contributed by atoms with Crippen LogP contribution in [0.1, 0.15) is 52.7 Å². The molecule has 0 aliphatic carbocycles. The van der Waals surface area contributed by atoms with Crippen LogP contribution in [0.4, 0.5) is 0 Å². The van der Waals surface area contributed by atoms with Gasteiger partial charge in [0.25, 0.3) is 5.91 Å². The van der Waals surface area contributed by atoms with Crippen molar-refractivity contribution in [3.63, 3.8) is 0 Å². The molecule has 4 aromatic rings. The number of rotatable bonds is 6. The lowest BCUT2D eigenvalue weighted by atomic mass is 10.1. The maximum absolute atomic E-state index is 12.9. The van der Waals surface area contributed by atoms with Crippen LogP contribution in [-0.2, 0) is 17.7 Å². The summed E-state index contributed by atoms with van der Waals surface area (Å²) in [7, 11) is 0. The first-order valence-electron chi connectivity index (χ1n) is 11.1. The number of hydrogen-bond acceptors (Lipinski definition) is 5. The average Bonchev–Trinajstić information content (AvgIpc) is 3.21. The van der Waals surface area contributed by atoms with Gasteiger partial charge in [-0.2, -0.15) is 5.10 Å². The van der Waals surface area contributed by atoms with Gasteiger partial charge in [0.2, 0.25) is 0 Å². The van der Waals surface area contributed by atoms with Crippen molar-refractivity contribution < 1.29 is 9.53 Å². The molecule has 1 unspecified atom stereocenters. The highest BCUT2D eigenvalue weighted by Gasteiger charge is 2.21. The predicted octanol–water partition coefficient (Wildman–Crippen LogP) is 4.70. The fraction of sp³-hybridized carbons (Fsp3) is 0.280. The van der Waals surface area contributed by atoms with E-state index in [1.54, 1.807) is 18.6 Å². The van der Waals surface area contributed by atoms with Gasteiger partial charge in [-0.3, -0.25) is 14.8 Å². The topological polar surface area (TPSA) is 81.9 Å². The maximum Gasteiger partial charge on any atom is 0.253 e. The van der Waals surface area contributed by atoms with E-state index < -0.39 is 0 Å². The summed E-state index contributed by atoms with van der Waals surface area (Å²) in [6, 6.07) is 11.5. The van der Waals surface area contributed by atoms with Gasteiger partial charge < -0.3 is 10.1 Å². The second kappa shape index (κ2) is 9.68. The molecule has 1 aromatic carbocycles. The van der Waals surface area contributed by atoms with Gasteiger partial charge in [-0.1, -0.05) is 17.7 Å². The Morgan fingerprint density at radius 2 is 2.03 bits per heavy atom. The zero-order chi connectivity index (χ0) is 22.6. The van der Waals surface area contributed by atoms with Gasteiger partial charge in [0.05, 0.1) is 23.3 Å². The molecule has 1 aliphatic rings. The third-order valence-corrected chi connectivity index (χ3v) is 6.01. The minimum atomic E-state index is -0.200. The van der Waals surface area contributed by atoms with Crippen LogP contribution in [0.3, 0.4) is 0 Å². The number of aromatic nitrogens is 4. The van der Waals surface area contributed by atoms with Crippen LogP contribution in [0.5, 0.6) is 0 Å². The molecule has 1 aliphatic heterocycles. The largest absolute Gasteiger partial charge is 0.356 e. The molecule has 1 atom stereocenters. The number of carbonyl (C=O) groups is 1. The minimum Gasteiger partial charge on any atom is -0.356 e. The molecule has 8 heteroatoms. The van der Waals surface area contributed by atoms with E-state index in [0.29, 0.717) is 17.0 Å². The van der Waals surface area contributed by atoms with Crippen molar-refractivity contribution in [2.24, 2.45) is 0 Å². The molecule has 0 saturated carbocycles. The fourth-order valence-electron chi connectivity index (χ4n) is 4.16. The van der Waals surface area contributed by atoms with Crippen molar-refractivity contribution in [3.8, 4) is 0 Å². The molecule has 0 spiro atoms. The second-order valence-electron chi connectivity index (χ2n) is 8.18. The van der Waals surface area contributed by atoms with E-state index in [2.05, 4.69) is 15.3 Å². The van der Waals surface area contributed by atoms with Crippen molar-refractivity contribution in [3.05, 3.63) is 88.6 Å². The molecule has 1 N–H and O–H groups in total. The van der Waals surface area contributed by atoms with E-state index in [0.717, 1.165) is 53.6 Å². The molecule has 1 saturated heterocycles. The number of pyridine rings is 2. The zero-order valence-corrected chi connectivity index (χ0v) is 18.8. The summed E-state index contributed by atoms with van der Waals surface area (Å²) in [4.78, 5) is 21.3. The van der Waals surface area contributed by atoms with Crippen LogP contribution in [0, 0.1) is 0 Å². The van der Waals surface area contributed by atoms with Gasteiger partial charge in [0.15, 0.2) is 6.23 Å². The summed E-state index contributed by atoms with van der Waals surface area (Å²) in [5, 5.41) is 9.32. The van der Waals surface area contributed by atoms with Crippen LogP contribution in [0.25, 0.3) is 10.9 Å². The highest BCUT2D eigenvalue weighted by molar-refractivity contribution is 6.31. The Morgan fingerprint density at radius 3 is 2.85 bits per heavy atom. The van der Waals surface area contributed by atoms with E-state index in [1.165, 1.54) is 0 Å². The van der Waals surface area contributed by atoms with Crippen LogP contribution in [0.2, 0.25) is 5.02 Å². The number of ether oxygens (including phenoxy) is 1. The Morgan fingerprint density at radius 1 is 1.12 bits per heavy atom. The van der Waals surface area contributed by atoms with Gasteiger partial charge in [-0.25, -0.2) is 4.68 Å². The van der Waals surface area contributed by atoms with Crippen molar-refractivity contribution in [2.75, 3.05) is 6.61 Å². The number of benzene rings is 1. The summed E-state index contributed by atoms with van der Waals surface area (Å²) in [5.74, 6) is -0.200. The highest BCUT2D eigenvalue weighted by Crippen LogP contribution is 2.29. The van der Waals surface area contributed by atoms with Crippen molar-refractivity contribution in [2.45, 2.75) is 38.5 Å². The number of hydrogen-bond donors (Lipinski definition) is 1. The first-order chi connectivity index (χ1) is 16.2. The average molecular weight is 462 g/mol. The summed E-state index contributed by atoms with van der Waals surface area (Å²) in [6.07, 6.45) is 10.6. The van der Waals surface area contributed by atoms with E-state index in [9.17, 15) is 4.79 Å². The van der Waals surface area contributed by atoms with Crippen molar-refractivity contribution >= 4 is 28.4 Å². The smallest absolute Gasteiger partial charge is 0.253 e. The van der Waals surface area contributed by atoms with Gasteiger partial charge in [-0.15, -0.1) is 0 Å². The van der Waals surface area contributed by atoms with Crippen LogP contribution < -0.4 is 5.32 Å². The second-order valence-corrected chi connectivity index (χ2v) is 8.61. The standard InChI is InChI=1S/C25H24ClN5O2/c26-20-6-7-23-21(12-20)22(30-31(23)24-5-1-2-9-33-24)16-29-25(32)19-11-18(14-28-15-19)10-17-4-3-8-27-13-17/h3-4,6-8,11-15,24H,1-2,5,9-10,16H2,(H,29,32). The summed E-state index contributed by atoms with van der Waals surface area (Å²) in [6.45, 7) is 1.01. The third-order valence-electron chi connectivity index (χ3n) is 5.78. The van der Waals surface area contributed by atoms with Crippen LogP contribution >= 0.6 is 11.6 Å². The molecule has 7 nitrogen and oxygen atoms in total. The number of nitrogens with one attached hydrogen (secondary N) is 1. The van der Waals surface area contributed by atoms with E-state index in [-0.39, 0.29) is 18.7 Å². The molecule has 33 heavy (non-hydrogen) atoms. The Bertz CT molecular complexity index is 1270. The molecular formula is C25H24ClN5O2. The summed E-state index contributed by atoms with van der Waals surface area (Å²) >= 11 is 6.26. The van der Waals surface area contributed by atoms with Crippen LogP contribution in [0.15, 0.2) is 61.2 Å². The Labute approximate surface area is 196 Å². The molecular weight excluding hydrogens is 438 g/mol. The third kappa shape index (κ3) is 4.89. The van der Waals surface area contributed by atoms with Gasteiger partial charge in [0, 0.05) is 48.2 Å². The monoisotopic (exact) mass is 461 g/mol. The molecule has 0 radical (unpaired) electrons. The van der Waals surface area contributed by atoms with E-state index in [1.807, 2.05) is 47.3 Å². The maximum atomic E-state index is 12.9. The first kappa shape index (κ1) is 21.6. The quantitative estimate of drug-likeness (QED) is 0.450. The Balaban J connectivity index is 1.34. The lowest BCUT2D eigenvalue weighted by Crippen LogP contribution is -2.24. The predicted molar refractivity (Wildman–Crippen MR) is 126 cm³/mol. The first-order valence-corrected chi connectivity index (χ1v) is 11.4. The van der Waals surface area contributed by atoms with Gasteiger partial charge in [-0.05, 0) is 60.7 Å². The lowest BCUT2D eigenvalue weighted by Gasteiger charge is -2.23. The highest BCUT2D eigenvalue weighted by atomic mass is 35.5. The molecule has 168 valence electrons. The normalized spacial score (nSPS) is 16.1. The SMILES string of the molecule is O=C(NCc1nn(C2CCCCO2)c2ccc(Cl)cc12)c1cncc(Cc2cccnc2)c1. The van der Waals surface area contributed by atoms with Crippen molar-refractivity contribution in [1.82, 2.24) is 25.1 Å². The lowest BCUT2D eigenvalue weighted by molar-refractivity contribution is -0.0369. The number of fused-ring (bicyclic) bond motifs is 1. The summed E-state index contributed by atoms with van der Waals surface area (Å²) in [5.41, 5.74) is 4.24. The van der Waals surface area contributed by atoms with Crippen LogP contribution in [-0.4, -0.2) is 32.3 Å². The molecule has 0 bridgehead atoms. The Kier molecular flexibility index (Phi) is 6.32.